The third kappa shape index (κ3) is 4.34. The normalized spacial score (nSPS) is 11.7. The van der Waals surface area contributed by atoms with Gasteiger partial charge in [-0.25, -0.2) is 0 Å². The molecule has 0 spiro atoms. The van der Waals surface area contributed by atoms with Crippen LogP contribution in [-0.4, -0.2) is 5.97 Å². The molecule has 1 atom stereocenters. The van der Waals surface area contributed by atoms with Crippen molar-refractivity contribution >= 4 is 5.97 Å². The fourth-order valence-corrected chi connectivity index (χ4v) is 0.711. The lowest BCUT2D eigenvalue weighted by molar-refractivity contribution is -0.144. The lowest BCUT2D eigenvalue weighted by Gasteiger charge is -2.02. The molecule has 0 heterocycles. The van der Waals surface area contributed by atoms with Gasteiger partial charge in [0.05, 0.1) is 6.07 Å². The number of nitrogens with two attached hydrogens (primary N) is 1. The van der Waals surface area contributed by atoms with Crippen LogP contribution in [0.25, 0.3) is 0 Å². The molecule has 0 fully saturated rings. The third-order valence-electron chi connectivity index (χ3n) is 1.50. The van der Waals surface area contributed by atoms with Crippen LogP contribution in [0.4, 0.5) is 0 Å². The molecule has 0 aromatic carbocycles. The van der Waals surface area contributed by atoms with Crippen molar-refractivity contribution in [2.75, 3.05) is 0 Å². The minimum atomic E-state index is -0.460. The lowest BCUT2D eigenvalue weighted by Crippen LogP contribution is -2.11. The minimum absolute atomic E-state index is 0.0610. The van der Waals surface area contributed by atoms with Crippen LogP contribution < -0.4 is 5.90 Å². The van der Waals surface area contributed by atoms with Gasteiger partial charge in [0.2, 0.25) is 0 Å². The van der Waals surface area contributed by atoms with Crippen LogP contribution in [0.1, 0.15) is 26.2 Å². The van der Waals surface area contributed by atoms with E-state index < -0.39 is 5.97 Å². The van der Waals surface area contributed by atoms with Gasteiger partial charge in [-0.15, -0.1) is 0 Å². The molecule has 0 aliphatic rings. The number of rotatable bonds is 4. The Morgan fingerprint density at radius 3 is 2.82 bits per heavy atom. The second kappa shape index (κ2) is 5.69. The lowest BCUT2D eigenvalue weighted by atomic mass is 10.0. The van der Waals surface area contributed by atoms with E-state index in [2.05, 4.69) is 16.8 Å². The van der Waals surface area contributed by atoms with Gasteiger partial charge >= 0.3 is 5.97 Å². The molecule has 0 aromatic rings. The first kappa shape index (κ1) is 9.92. The smallest absolute Gasteiger partial charge is 0.324 e. The summed E-state index contributed by atoms with van der Waals surface area (Å²) >= 11 is 0. The van der Waals surface area contributed by atoms with E-state index in [9.17, 15) is 4.79 Å². The molecule has 11 heavy (non-hydrogen) atoms. The van der Waals surface area contributed by atoms with E-state index in [0.29, 0.717) is 6.42 Å². The summed E-state index contributed by atoms with van der Waals surface area (Å²) in [5, 5.41) is 8.48. The van der Waals surface area contributed by atoms with Gasteiger partial charge in [0.1, 0.15) is 0 Å². The molecule has 0 saturated heterocycles. The first-order valence-corrected chi connectivity index (χ1v) is 3.53. The number of hydrogen-bond donors (Lipinski definition) is 1. The first-order valence-electron chi connectivity index (χ1n) is 3.53. The fourth-order valence-electron chi connectivity index (χ4n) is 0.711. The standard InChI is InChI=1S/C7H12N2O2/c1-2-6(5-8)3-4-7(10)11-9/h6H,2-4,9H2,1H3. The molecule has 62 valence electrons. The summed E-state index contributed by atoms with van der Waals surface area (Å²) in [6.45, 7) is 1.90. The number of carbonyl (C=O) groups is 1. The maximum atomic E-state index is 10.5. The van der Waals surface area contributed by atoms with E-state index in [-0.39, 0.29) is 12.3 Å². The van der Waals surface area contributed by atoms with Gasteiger partial charge in [0, 0.05) is 12.3 Å². The maximum absolute atomic E-state index is 10.5. The zero-order chi connectivity index (χ0) is 8.69. The molecule has 0 bridgehead atoms. The molecular weight excluding hydrogens is 144 g/mol. The summed E-state index contributed by atoms with van der Waals surface area (Å²) in [6.07, 6.45) is 1.51. The quantitative estimate of drug-likeness (QED) is 0.609. The van der Waals surface area contributed by atoms with Gasteiger partial charge in [0.25, 0.3) is 0 Å². The molecule has 1 unspecified atom stereocenters. The molecule has 4 heteroatoms. The zero-order valence-corrected chi connectivity index (χ0v) is 6.54. The minimum Gasteiger partial charge on any atom is -0.373 e. The summed E-state index contributed by atoms with van der Waals surface area (Å²) in [5.74, 6) is 4.09. The van der Waals surface area contributed by atoms with Crippen molar-refractivity contribution in [1.82, 2.24) is 0 Å². The Morgan fingerprint density at radius 1 is 1.82 bits per heavy atom. The molecule has 0 radical (unpaired) electrons. The Kier molecular flexibility index (Phi) is 5.13. The van der Waals surface area contributed by atoms with Crippen molar-refractivity contribution in [2.24, 2.45) is 11.8 Å². The monoisotopic (exact) mass is 156 g/mol. The van der Waals surface area contributed by atoms with Crippen LogP contribution in [0.15, 0.2) is 0 Å². The molecular formula is C7H12N2O2. The van der Waals surface area contributed by atoms with Gasteiger partial charge in [-0.05, 0) is 12.8 Å². The van der Waals surface area contributed by atoms with Gasteiger partial charge in [-0.2, -0.15) is 11.2 Å². The van der Waals surface area contributed by atoms with Crippen LogP contribution in [0.2, 0.25) is 0 Å². The molecule has 0 aliphatic heterocycles. The first-order chi connectivity index (χ1) is 5.24. The Bertz CT molecular complexity index is 162. The second-order valence-corrected chi connectivity index (χ2v) is 2.26. The fraction of sp³-hybridized carbons (Fsp3) is 0.714. The van der Waals surface area contributed by atoms with E-state index in [4.69, 9.17) is 5.26 Å². The van der Waals surface area contributed by atoms with E-state index >= 15 is 0 Å². The second-order valence-electron chi connectivity index (χ2n) is 2.26. The van der Waals surface area contributed by atoms with Crippen LogP contribution in [-0.2, 0) is 9.63 Å². The van der Waals surface area contributed by atoms with Crippen molar-refractivity contribution in [2.45, 2.75) is 26.2 Å². The van der Waals surface area contributed by atoms with E-state index in [1.807, 2.05) is 6.92 Å². The van der Waals surface area contributed by atoms with Crippen molar-refractivity contribution in [1.29, 1.82) is 5.26 Å². The van der Waals surface area contributed by atoms with Crippen LogP contribution in [0.5, 0.6) is 0 Å². The number of hydrogen-bond acceptors (Lipinski definition) is 4. The topological polar surface area (TPSA) is 76.1 Å². The van der Waals surface area contributed by atoms with Crippen LogP contribution >= 0.6 is 0 Å². The Balaban J connectivity index is 3.52. The summed E-state index contributed by atoms with van der Waals surface area (Å²) in [4.78, 5) is 14.4. The van der Waals surface area contributed by atoms with Crippen molar-refractivity contribution in [3.05, 3.63) is 0 Å². The molecule has 0 aromatic heterocycles. The van der Waals surface area contributed by atoms with Crippen LogP contribution in [0.3, 0.4) is 0 Å². The highest BCUT2D eigenvalue weighted by Crippen LogP contribution is 2.09. The summed E-state index contributed by atoms with van der Waals surface area (Å²) < 4.78 is 0. The highest BCUT2D eigenvalue weighted by atomic mass is 16.7. The zero-order valence-electron chi connectivity index (χ0n) is 6.54. The number of nitrogens with zero attached hydrogens (tertiary/aromatic N) is 1. The highest BCUT2D eigenvalue weighted by Gasteiger charge is 2.07. The SMILES string of the molecule is CCC(C#N)CCC(=O)ON. The molecule has 0 saturated carbocycles. The largest absolute Gasteiger partial charge is 0.373 e. The Morgan fingerprint density at radius 2 is 2.45 bits per heavy atom. The van der Waals surface area contributed by atoms with Gasteiger partial charge in [-0.3, -0.25) is 4.79 Å². The third-order valence-corrected chi connectivity index (χ3v) is 1.50. The van der Waals surface area contributed by atoms with Crippen molar-refractivity contribution < 1.29 is 9.63 Å². The summed E-state index contributed by atoms with van der Waals surface area (Å²) in [7, 11) is 0. The molecule has 0 rings (SSSR count). The maximum Gasteiger partial charge on any atom is 0.324 e. The average molecular weight is 156 g/mol. The molecule has 4 nitrogen and oxygen atoms in total. The summed E-state index contributed by atoms with van der Waals surface area (Å²) in [6, 6.07) is 2.08. The van der Waals surface area contributed by atoms with Crippen molar-refractivity contribution in [3.63, 3.8) is 0 Å². The molecule has 0 aliphatic carbocycles. The number of carbonyl (C=O) groups excluding carboxylic acids is 1. The van der Waals surface area contributed by atoms with E-state index in [1.54, 1.807) is 0 Å². The predicted octanol–water partition coefficient (Wildman–Crippen LogP) is 0.733. The predicted molar refractivity (Wildman–Crippen MR) is 38.9 cm³/mol. The van der Waals surface area contributed by atoms with Gasteiger partial charge < -0.3 is 4.84 Å². The Labute approximate surface area is 65.9 Å². The average Bonchev–Trinajstić information content (AvgIpc) is 2.06. The summed E-state index contributed by atoms with van der Waals surface area (Å²) in [5.41, 5.74) is 0. The Hall–Kier alpha value is -1.08. The molecule has 2 N–H and O–H groups in total. The van der Waals surface area contributed by atoms with Gasteiger partial charge in [0.15, 0.2) is 0 Å². The van der Waals surface area contributed by atoms with E-state index in [1.165, 1.54) is 0 Å². The number of nitriles is 1. The van der Waals surface area contributed by atoms with Crippen LogP contribution in [0, 0.1) is 17.2 Å². The van der Waals surface area contributed by atoms with Gasteiger partial charge in [-0.1, -0.05) is 6.92 Å². The van der Waals surface area contributed by atoms with E-state index in [0.717, 1.165) is 6.42 Å². The highest BCUT2D eigenvalue weighted by molar-refractivity contribution is 5.68. The van der Waals surface area contributed by atoms with Crippen molar-refractivity contribution in [3.8, 4) is 6.07 Å². The molecule has 0 amide bonds.